The summed E-state index contributed by atoms with van der Waals surface area (Å²) >= 11 is 11.4. The molecule has 1 aromatic carbocycles. The van der Waals surface area contributed by atoms with Gasteiger partial charge in [0.05, 0.1) is 10.9 Å². The molecule has 0 bridgehead atoms. The summed E-state index contributed by atoms with van der Waals surface area (Å²) in [4.78, 5) is 22.6. The predicted octanol–water partition coefficient (Wildman–Crippen LogP) is 1.83. The van der Waals surface area contributed by atoms with Crippen molar-refractivity contribution in [2.24, 2.45) is 0 Å². The first-order chi connectivity index (χ1) is 7.50. The normalized spacial score (nSPS) is 24.7. The lowest BCUT2D eigenvalue weighted by atomic mass is 9.97. The molecule has 6 heteroatoms. The highest BCUT2D eigenvalue weighted by atomic mass is 35.5. The highest BCUT2D eigenvalue weighted by Crippen LogP contribution is 2.30. The summed E-state index contributed by atoms with van der Waals surface area (Å²) in [5.74, 6) is -2.43. The van der Waals surface area contributed by atoms with E-state index in [1.807, 2.05) is 0 Å². The molecule has 1 aliphatic rings. The molecule has 3 nitrogen and oxygen atoms in total. The van der Waals surface area contributed by atoms with Crippen molar-refractivity contribution in [2.75, 3.05) is 0 Å². The molecule has 1 aliphatic heterocycles. The van der Waals surface area contributed by atoms with E-state index < -0.39 is 28.9 Å². The van der Waals surface area contributed by atoms with Gasteiger partial charge in [0, 0.05) is 0 Å². The molecule has 1 heterocycles. The van der Waals surface area contributed by atoms with Crippen LogP contribution in [0, 0.1) is 5.82 Å². The van der Waals surface area contributed by atoms with Crippen molar-refractivity contribution >= 4 is 35.0 Å². The summed E-state index contributed by atoms with van der Waals surface area (Å²) in [7, 11) is 0. The fourth-order valence-electron chi connectivity index (χ4n) is 1.58. The van der Waals surface area contributed by atoms with Gasteiger partial charge in [-0.3, -0.25) is 14.9 Å². The Bertz CT molecular complexity index is 478. The molecular formula is C10H6Cl2FNO2. The average Bonchev–Trinajstić information content (AvgIpc) is 2.47. The lowest BCUT2D eigenvalue weighted by Crippen LogP contribution is -2.22. The van der Waals surface area contributed by atoms with Gasteiger partial charge in [-0.15, -0.1) is 11.6 Å². The van der Waals surface area contributed by atoms with Gasteiger partial charge in [0.2, 0.25) is 11.8 Å². The molecular weight excluding hydrogens is 256 g/mol. The zero-order valence-corrected chi connectivity index (χ0v) is 9.35. The summed E-state index contributed by atoms with van der Waals surface area (Å²) in [6, 6.07) is 3.83. The first-order valence-electron chi connectivity index (χ1n) is 4.44. The van der Waals surface area contributed by atoms with Crippen molar-refractivity contribution < 1.29 is 14.0 Å². The van der Waals surface area contributed by atoms with Gasteiger partial charge in [-0.1, -0.05) is 17.7 Å². The number of hydrogen-bond acceptors (Lipinski definition) is 2. The number of carbonyl (C=O) groups excluding carboxylic acids is 2. The second-order valence-electron chi connectivity index (χ2n) is 3.41. The van der Waals surface area contributed by atoms with Crippen molar-refractivity contribution in [1.29, 1.82) is 0 Å². The van der Waals surface area contributed by atoms with Crippen LogP contribution in [0.3, 0.4) is 0 Å². The zero-order chi connectivity index (χ0) is 11.9. The van der Waals surface area contributed by atoms with E-state index in [-0.39, 0.29) is 5.02 Å². The Morgan fingerprint density at radius 3 is 2.44 bits per heavy atom. The number of amides is 2. The van der Waals surface area contributed by atoms with Crippen molar-refractivity contribution in [1.82, 2.24) is 5.32 Å². The number of rotatable bonds is 1. The van der Waals surface area contributed by atoms with Gasteiger partial charge >= 0.3 is 0 Å². The fraction of sp³-hybridized carbons (Fsp3) is 0.200. The first kappa shape index (κ1) is 11.4. The van der Waals surface area contributed by atoms with Crippen LogP contribution in [0.15, 0.2) is 18.2 Å². The topological polar surface area (TPSA) is 46.2 Å². The molecule has 1 N–H and O–H groups in total. The van der Waals surface area contributed by atoms with E-state index in [0.29, 0.717) is 5.56 Å². The minimum Gasteiger partial charge on any atom is -0.295 e. The molecule has 84 valence electrons. The molecule has 0 radical (unpaired) electrons. The molecule has 1 saturated heterocycles. The first-order valence-corrected chi connectivity index (χ1v) is 5.26. The van der Waals surface area contributed by atoms with Gasteiger partial charge in [-0.2, -0.15) is 0 Å². The lowest BCUT2D eigenvalue weighted by molar-refractivity contribution is -0.125. The van der Waals surface area contributed by atoms with Crippen LogP contribution in [0.1, 0.15) is 11.5 Å². The van der Waals surface area contributed by atoms with Crippen LogP contribution in [-0.4, -0.2) is 17.2 Å². The number of benzene rings is 1. The van der Waals surface area contributed by atoms with Crippen LogP contribution in [0.2, 0.25) is 5.02 Å². The standard InChI is InChI=1S/C10H6Cl2FNO2/c11-5-3-4(1-2-6(5)13)7-8(12)10(16)14-9(7)15/h1-3,7-8H,(H,14,15,16). The van der Waals surface area contributed by atoms with Crippen molar-refractivity contribution in [2.45, 2.75) is 11.3 Å². The number of imide groups is 1. The van der Waals surface area contributed by atoms with Gasteiger partial charge in [-0.25, -0.2) is 4.39 Å². The van der Waals surface area contributed by atoms with Crippen LogP contribution >= 0.6 is 23.2 Å². The molecule has 0 aromatic heterocycles. The predicted molar refractivity (Wildman–Crippen MR) is 56.9 cm³/mol. The minimum atomic E-state index is -0.978. The van der Waals surface area contributed by atoms with Crippen LogP contribution in [0.4, 0.5) is 4.39 Å². The number of alkyl halides is 1. The fourth-order valence-corrected chi connectivity index (χ4v) is 2.08. The maximum atomic E-state index is 12.9. The van der Waals surface area contributed by atoms with Crippen LogP contribution < -0.4 is 5.32 Å². The largest absolute Gasteiger partial charge is 0.295 e. The Labute approximate surface area is 101 Å². The van der Waals surface area contributed by atoms with E-state index in [1.165, 1.54) is 12.1 Å². The Morgan fingerprint density at radius 2 is 1.94 bits per heavy atom. The van der Waals surface area contributed by atoms with Gasteiger partial charge in [0.15, 0.2) is 0 Å². The Hall–Kier alpha value is -1.13. The Balaban J connectivity index is 2.40. The molecule has 0 spiro atoms. The zero-order valence-electron chi connectivity index (χ0n) is 7.84. The lowest BCUT2D eigenvalue weighted by Gasteiger charge is -2.10. The summed E-state index contributed by atoms with van der Waals surface area (Å²) in [6.07, 6.45) is 0. The van der Waals surface area contributed by atoms with Crippen molar-refractivity contribution in [3.8, 4) is 0 Å². The molecule has 0 aliphatic carbocycles. The smallest absolute Gasteiger partial charge is 0.245 e. The molecule has 2 amide bonds. The summed E-state index contributed by atoms with van der Waals surface area (Å²) in [5, 5.41) is 1.02. The van der Waals surface area contributed by atoms with Gasteiger partial charge in [0.25, 0.3) is 0 Å². The summed E-state index contributed by atoms with van der Waals surface area (Å²) in [6.45, 7) is 0. The number of hydrogen-bond donors (Lipinski definition) is 1. The highest BCUT2D eigenvalue weighted by molar-refractivity contribution is 6.37. The van der Waals surface area contributed by atoms with Crippen molar-refractivity contribution in [3.63, 3.8) is 0 Å². The summed E-state index contributed by atoms with van der Waals surface area (Å²) < 4.78 is 12.9. The number of nitrogens with one attached hydrogen (secondary N) is 1. The third-order valence-corrected chi connectivity index (χ3v) is 3.11. The van der Waals surface area contributed by atoms with Crippen molar-refractivity contribution in [3.05, 3.63) is 34.6 Å². The third-order valence-electron chi connectivity index (χ3n) is 2.37. The number of halogens is 3. The Morgan fingerprint density at radius 1 is 1.25 bits per heavy atom. The van der Waals surface area contributed by atoms with Gasteiger partial charge < -0.3 is 0 Å². The molecule has 1 fully saturated rings. The third kappa shape index (κ3) is 1.79. The second kappa shape index (κ2) is 4.03. The minimum absolute atomic E-state index is 0.103. The SMILES string of the molecule is O=C1NC(=O)C(c2ccc(F)c(Cl)c2)C1Cl. The molecule has 2 rings (SSSR count). The van der Waals surface area contributed by atoms with Crippen LogP contribution in [-0.2, 0) is 9.59 Å². The molecule has 16 heavy (non-hydrogen) atoms. The van der Waals surface area contributed by atoms with Crippen LogP contribution in [0.5, 0.6) is 0 Å². The van der Waals surface area contributed by atoms with Gasteiger partial charge in [-0.05, 0) is 17.7 Å². The highest BCUT2D eigenvalue weighted by Gasteiger charge is 2.41. The molecule has 1 aromatic rings. The quantitative estimate of drug-likeness (QED) is 0.620. The van der Waals surface area contributed by atoms with E-state index >= 15 is 0 Å². The maximum Gasteiger partial charge on any atom is 0.245 e. The van der Waals surface area contributed by atoms with E-state index in [0.717, 1.165) is 6.07 Å². The Kier molecular flexibility index (Phi) is 2.86. The van der Waals surface area contributed by atoms with E-state index in [1.54, 1.807) is 0 Å². The second-order valence-corrected chi connectivity index (χ2v) is 4.28. The van der Waals surface area contributed by atoms with E-state index in [2.05, 4.69) is 5.32 Å². The summed E-state index contributed by atoms with van der Waals surface area (Å²) in [5.41, 5.74) is 0.426. The average molecular weight is 262 g/mol. The van der Waals surface area contributed by atoms with Gasteiger partial charge in [0.1, 0.15) is 11.2 Å². The molecule has 2 unspecified atom stereocenters. The monoisotopic (exact) mass is 261 g/mol. The van der Waals surface area contributed by atoms with E-state index in [9.17, 15) is 14.0 Å². The molecule has 2 atom stereocenters. The molecule has 0 saturated carbocycles. The van der Waals surface area contributed by atoms with E-state index in [4.69, 9.17) is 23.2 Å². The maximum absolute atomic E-state index is 12.9. The van der Waals surface area contributed by atoms with Crippen LogP contribution in [0.25, 0.3) is 0 Å². The number of carbonyl (C=O) groups is 2.